The van der Waals surface area contributed by atoms with E-state index in [2.05, 4.69) is 13.8 Å². The maximum Gasteiger partial charge on any atom is 0.160 e. The first-order valence-corrected chi connectivity index (χ1v) is 7.38. The summed E-state index contributed by atoms with van der Waals surface area (Å²) in [5, 5.41) is 9.68. The molecule has 0 saturated heterocycles. The van der Waals surface area contributed by atoms with Crippen molar-refractivity contribution in [1.29, 1.82) is 0 Å². The Kier molecular flexibility index (Phi) is 2.99. The lowest BCUT2D eigenvalue weighted by Gasteiger charge is -2.38. The highest BCUT2D eigenvalue weighted by Crippen LogP contribution is 2.60. The van der Waals surface area contributed by atoms with Crippen LogP contribution in [0, 0.1) is 23.2 Å². The van der Waals surface area contributed by atoms with Gasteiger partial charge in [0, 0.05) is 0 Å². The molecule has 3 unspecified atom stereocenters. The van der Waals surface area contributed by atoms with Gasteiger partial charge in [-0.2, -0.15) is 0 Å². The van der Waals surface area contributed by atoms with Crippen LogP contribution in [0.2, 0.25) is 0 Å². The molecule has 0 spiro atoms. The second-order valence-electron chi connectivity index (χ2n) is 6.91. The van der Waals surface area contributed by atoms with Gasteiger partial charge in [0.1, 0.15) is 0 Å². The highest BCUT2D eigenvalue weighted by atomic mass is 16.5. The van der Waals surface area contributed by atoms with Gasteiger partial charge in [-0.25, -0.2) is 0 Å². The molecule has 3 atom stereocenters. The lowest BCUT2D eigenvalue weighted by Crippen LogP contribution is -2.32. The molecule has 1 N–H and O–H groups in total. The van der Waals surface area contributed by atoms with E-state index in [4.69, 9.17) is 4.74 Å². The lowest BCUT2D eigenvalue weighted by atomic mass is 9.67. The number of phenolic OH excluding ortho intramolecular Hbond substituents is 1. The summed E-state index contributed by atoms with van der Waals surface area (Å²) in [5.74, 6) is 3.43. The van der Waals surface area contributed by atoms with Crippen molar-refractivity contribution in [3.63, 3.8) is 0 Å². The van der Waals surface area contributed by atoms with Gasteiger partial charge in [0.15, 0.2) is 11.5 Å². The average Bonchev–Trinajstić information content (AvgIpc) is 2.94. The fourth-order valence-electron chi connectivity index (χ4n) is 4.50. The fourth-order valence-corrected chi connectivity index (χ4v) is 4.50. The zero-order valence-electron chi connectivity index (χ0n) is 12.1. The van der Waals surface area contributed by atoms with Crippen molar-refractivity contribution in [3.05, 3.63) is 23.8 Å². The number of methoxy groups -OCH3 is 1. The summed E-state index contributed by atoms with van der Waals surface area (Å²) in [6.45, 7) is 4.89. The van der Waals surface area contributed by atoms with Gasteiger partial charge in [0.2, 0.25) is 0 Å². The minimum absolute atomic E-state index is 0.235. The number of fused-ring (bicyclic) bond motifs is 2. The molecular weight excluding hydrogens is 236 g/mol. The van der Waals surface area contributed by atoms with Crippen LogP contribution in [-0.2, 0) is 6.42 Å². The van der Waals surface area contributed by atoms with Crippen molar-refractivity contribution in [2.75, 3.05) is 7.11 Å². The molecule has 0 radical (unpaired) electrons. The molecule has 2 heteroatoms. The molecular formula is C17H24O2. The molecule has 0 aliphatic heterocycles. The number of ether oxygens (including phenoxy) is 1. The van der Waals surface area contributed by atoms with Gasteiger partial charge in [-0.05, 0) is 66.5 Å². The van der Waals surface area contributed by atoms with Crippen LogP contribution in [-0.4, -0.2) is 12.2 Å². The SMILES string of the molecule is COc1cc(CC2C3CCC(C3)C2(C)C)ccc1O. The summed E-state index contributed by atoms with van der Waals surface area (Å²) in [6, 6.07) is 5.80. The molecule has 104 valence electrons. The number of aromatic hydroxyl groups is 1. The first-order valence-electron chi connectivity index (χ1n) is 7.38. The maximum atomic E-state index is 9.68. The van der Waals surface area contributed by atoms with Gasteiger partial charge in [-0.15, -0.1) is 0 Å². The molecule has 19 heavy (non-hydrogen) atoms. The van der Waals surface area contributed by atoms with Crippen molar-refractivity contribution < 1.29 is 9.84 Å². The van der Waals surface area contributed by atoms with Gasteiger partial charge in [-0.3, -0.25) is 0 Å². The van der Waals surface area contributed by atoms with Gasteiger partial charge in [0.25, 0.3) is 0 Å². The fraction of sp³-hybridized carbons (Fsp3) is 0.647. The summed E-state index contributed by atoms with van der Waals surface area (Å²) in [6.07, 6.45) is 5.37. The summed E-state index contributed by atoms with van der Waals surface area (Å²) in [5.41, 5.74) is 1.76. The van der Waals surface area contributed by atoms with Crippen LogP contribution >= 0.6 is 0 Å². The summed E-state index contributed by atoms with van der Waals surface area (Å²) in [7, 11) is 1.61. The Morgan fingerprint density at radius 1 is 1.32 bits per heavy atom. The average molecular weight is 260 g/mol. The molecule has 2 bridgehead atoms. The molecule has 0 aromatic heterocycles. The molecule has 1 aromatic carbocycles. The summed E-state index contributed by atoms with van der Waals surface area (Å²) in [4.78, 5) is 0. The zero-order chi connectivity index (χ0) is 13.6. The van der Waals surface area contributed by atoms with E-state index in [1.807, 2.05) is 12.1 Å². The molecule has 0 amide bonds. The number of benzene rings is 1. The first-order chi connectivity index (χ1) is 9.02. The Morgan fingerprint density at radius 3 is 2.74 bits per heavy atom. The topological polar surface area (TPSA) is 29.5 Å². The monoisotopic (exact) mass is 260 g/mol. The van der Waals surface area contributed by atoms with Crippen LogP contribution in [0.5, 0.6) is 11.5 Å². The number of rotatable bonds is 3. The highest BCUT2D eigenvalue weighted by molar-refractivity contribution is 5.42. The Morgan fingerprint density at radius 2 is 2.11 bits per heavy atom. The Balaban J connectivity index is 1.82. The quantitative estimate of drug-likeness (QED) is 0.889. The molecule has 2 fully saturated rings. The number of hydrogen-bond acceptors (Lipinski definition) is 2. The van der Waals surface area contributed by atoms with Crippen LogP contribution < -0.4 is 4.74 Å². The standard InChI is InChI=1S/C17H24O2/c1-17(2)13-6-5-12(10-13)14(17)8-11-4-7-15(18)16(9-11)19-3/h4,7,9,12-14,18H,5-6,8,10H2,1-3H3. The molecule has 3 rings (SSSR count). The minimum atomic E-state index is 0.235. The van der Waals surface area contributed by atoms with Crippen LogP contribution in [0.4, 0.5) is 0 Å². The molecule has 1 aromatic rings. The van der Waals surface area contributed by atoms with E-state index in [-0.39, 0.29) is 5.75 Å². The molecule has 2 aliphatic rings. The maximum absolute atomic E-state index is 9.68. The Hall–Kier alpha value is -1.18. The van der Waals surface area contributed by atoms with E-state index in [1.165, 1.54) is 24.8 Å². The predicted octanol–water partition coefficient (Wildman–Crippen LogP) is 4.02. The minimum Gasteiger partial charge on any atom is -0.504 e. The first kappa shape index (κ1) is 12.8. The van der Waals surface area contributed by atoms with Crippen molar-refractivity contribution in [2.24, 2.45) is 23.2 Å². The number of hydrogen-bond donors (Lipinski definition) is 1. The Bertz CT molecular complexity index is 478. The van der Waals surface area contributed by atoms with Crippen LogP contribution in [0.3, 0.4) is 0 Å². The van der Waals surface area contributed by atoms with Gasteiger partial charge in [0.05, 0.1) is 7.11 Å². The zero-order valence-corrected chi connectivity index (χ0v) is 12.1. The Labute approximate surface area is 115 Å². The van der Waals surface area contributed by atoms with Crippen LogP contribution in [0.25, 0.3) is 0 Å². The van der Waals surface area contributed by atoms with E-state index < -0.39 is 0 Å². The van der Waals surface area contributed by atoms with E-state index in [1.54, 1.807) is 13.2 Å². The molecule has 0 heterocycles. The van der Waals surface area contributed by atoms with Gasteiger partial charge < -0.3 is 9.84 Å². The highest BCUT2D eigenvalue weighted by Gasteiger charge is 2.52. The van der Waals surface area contributed by atoms with Gasteiger partial charge in [-0.1, -0.05) is 19.9 Å². The summed E-state index contributed by atoms with van der Waals surface area (Å²) >= 11 is 0. The molecule has 2 nitrogen and oxygen atoms in total. The van der Waals surface area contributed by atoms with Crippen LogP contribution in [0.15, 0.2) is 18.2 Å². The van der Waals surface area contributed by atoms with Crippen molar-refractivity contribution in [2.45, 2.75) is 39.5 Å². The third-order valence-electron chi connectivity index (χ3n) is 5.75. The lowest BCUT2D eigenvalue weighted by molar-refractivity contribution is 0.122. The van der Waals surface area contributed by atoms with E-state index in [9.17, 15) is 5.11 Å². The van der Waals surface area contributed by atoms with Crippen molar-refractivity contribution in [3.8, 4) is 11.5 Å². The third kappa shape index (κ3) is 2.01. The third-order valence-corrected chi connectivity index (χ3v) is 5.75. The van der Waals surface area contributed by atoms with Gasteiger partial charge >= 0.3 is 0 Å². The second-order valence-corrected chi connectivity index (χ2v) is 6.91. The predicted molar refractivity (Wildman–Crippen MR) is 76.5 cm³/mol. The van der Waals surface area contributed by atoms with Crippen molar-refractivity contribution >= 4 is 0 Å². The normalized spacial score (nSPS) is 31.6. The van der Waals surface area contributed by atoms with E-state index >= 15 is 0 Å². The smallest absolute Gasteiger partial charge is 0.160 e. The number of phenols is 1. The molecule has 2 saturated carbocycles. The second kappa shape index (κ2) is 4.43. The van der Waals surface area contributed by atoms with E-state index in [0.717, 1.165) is 24.2 Å². The van der Waals surface area contributed by atoms with E-state index in [0.29, 0.717) is 11.2 Å². The van der Waals surface area contributed by atoms with Crippen molar-refractivity contribution in [1.82, 2.24) is 0 Å². The molecule has 2 aliphatic carbocycles. The summed E-state index contributed by atoms with van der Waals surface area (Å²) < 4.78 is 5.21. The van der Waals surface area contributed by atoms with Crippen LogP contribution in [0.1, 0.15) is 38.7 Å². The largest absolute Gasteiger partial charge is 0.504 e.